The van der Waals surface area contributed by atoms with Crippen molar-refractivity contribution >= 4 is 27.4 Å². The molecule has 4 nitrogen and oxygen atoms in total. The van der Waals surface area contributed by atoms with E-state index in [1.807, 2.05) is 48.5 Å². The van der Waals surface area contributed by atoms with Gasteiger partial charge in [0.1, 0.15) is 17.2 Å². The van der Waals surface area contributed by atoms with Gasteiger partial charge in [-0.3, -0.25) is 0 Å². The van der Waals surface area contributed by atoms with Gasteiger partial charge in [-0.15, -0.1) is 11.3 Å². The Balaban J connectivity index is 1.72. The van der Waals surface area contributed by atoms with Crippen LogP contribution in [-0.4, -0.2) is 12.6 Å². The number of esters is 1. The van der Waals surface area contributed by atoms with Crippen LogP contribution in [0.15, 0.2) is 71.3 Å². The van der Waals surface area contributed by atoms with Gasteiger partial charge in [0.05, 0.1) is 12.9 Å². The fourth-order valence-corrected chi connectivity index (χ4v) is 4.64. The Morgan fingerprint density at radius 3 is 2.69 bits per heavy atom. The molecule has 2 aromatic carbocycles. The zero-order chi connectivity index (χ0) is 20.2. The predicted molar refractivity (Wildman–Crippen MR) is 110 cm³/mol. The van der Waals surface area contributed by atoms with Crippen molar-refractivity contribution in [3.63, 3.8) is 0 Å². The number of fused-ring (bicyclic) bond motifs is 1. The molecular weight excluding hydrogens is 389 g/mol. The van der Waals surface area contributed by atoms with Crippen molar-refractivity contribution in [2.24, 2.45) is 0 Å². The molecule has 29 heavy (non-hydrogen) atoms. The number of hydrogen-bond donors (Lipinski definition) is 1. The fraction of sp³-hybridized carbons (Fsp3) is 0.174. The van der Waals surface area contributed by atoms with Crippen LogP contribution in [0.2, 0.25) is 0 Å². The number of nitrogens with two attached hydrogens (primary N) is 1. The molecule has 0 saturated heterocycles. The van der Waals surface area contributed by atoms with E-state index in [0.29, 0.717) is 22.4 Å². The van der Waals surface area contributed by atoms with Crippen LogP contribution in [0.25, 0.3) is 10.1 Å². The standard InChI is InChI=1S/C23H20FNO3S/c1-2-27-23(26)22-16(20-17(24)10-6-12-19(20)29-22)14-25-21(18-11-7-13-28-18)15-8-4-3-5-9-15/h3-13,21,25H,2,14H2,1H3/p+1/t21-/m0/s1. The predicted octanol–water partition coefficient (Wildman–Crippen LogP) is 4.66. The highest BCUT2D eigenvalue weighted by Crippen LogP contribution is 2.33. The Bertz CT molecular complexity index is 1110. The highest BCUT2D eigenvalue weighted by Gasteiger charge is 2.26. The van der Waals surface area contributed by atoms with E-state index < -0.39 is 5.97 Å². The van der Waals surface area contributed by atoms with Gasteiger partial charge in [-0.2, -0.15) is 0 Å². The normalized spacial score (nSPS) is 12.2. The van der Waals surface area contributed by atoms with Crippen LogP contribution in [0.5, 0.6) is 0 Å². The number of hydrogen-bond acceptors (Lipinski definition) is 4. The molecule has 0 fully saturated rings. The molecular formula is C23H21FNO3S+. The quantitative estimate of drug-likeness (QED) is 0.451. The van der Waals surface area contributed by atoms with E-state index >= 15 is 0 Å². The number of thiophene rings is 1. The van der Waals surface area contributed by atoms with Crippen LogP contribution in [0, 0.1) is 5.82 Å². The van der Waals surface area contributed by atoms with Crippen molar-refractivity contribution in [2.75, 3.05) is 6.61 Å². The Morgan fingerprint density at radius 1 is 1.14 bits per heavy atom. The SMILES string of the molecule is CCOC(=O)c1sc2cccc(F)c2c1C[NH2+][C@@H](c1ccccc1)c1ccco1. The number of carbonyl (C=O) groups is 1. The average Bonchev–Trinajstić information content (AvgIpc) is 3.38. The first-order chi connectivity index (χ1) is 14.2. The van der Waals surface area contributed by atoms with Gasteiger partial charge in [-0.1, -0.05) is 36.4 Å². The van der Waals surface area contributed by atoms with Crippen LogP contribution in [0.3, 0.4) is 0 Å². The molecule has 4 aromatic rings. The van der Waals surface area contributed by atoms with Crippen molar-refractivity contribution in [1.29, 1.82) is 0 Å². The van der Waals surface area contributed by atoms with Crippen LogP contribution in [-0.2, 0) is 11.3 Å². The molecule has 0 aliphatic heterocycles. The Morgan fingerprint density at radius 2 is 1.97 bits per heavy atom. The maximum atomic E-state index is 14.7. The lowest BCUT2D eigenvalue weighted by Gasteiger charge is -2.14. The minimum atomic E-state index is -0.411. The zero-order valence-corrected chi connectivity index (χ0v) is 16.7. The Labute approximate surface area is 171 Å². The van der Waals surface area contributed by atoms with E-state index in [9.17, 15) is 9.18 Å². The second kappa shape index (κ2) is 8.59. The van der Waals surface area contributed by atoms with Gasteiger partial charge in [-0.25, -0.2) is 9.18 Å². The summed E-state index contributed by atoms with van der Waals surface area (Å²) in [5, 5.41) is 2.55. The Kier molecular flexibility index (Phi) is 5.74. The number of quaternary nitrogens is 1. The highest BCUT2D eigenvalue weighted by atomic mass is 32.1. The summed E-state index contributed by atoms with van der Waals surface area (Å²) in [4.78, 5) is 13.0. The Hall–Kier alpha value is -2.96. The van der Waals surface area contributed by atoms with E-state index in [2.05, 4.69) is 5.32 Å². The number of halogens is 1. The van der Waals surface area contributed by atoms with E-state index in [1.165, 1.54) is 17.4 Å². The molecule has 0 unspecified atom stereocenters. The molecule has 0 aliphatic carbocycles. The van der Waals surface area contributed by atoms with Crippen molar-refractivity contribution in [3.05, 3.63) is 94.5 Å². The van der Waals surface area contributed by atoms with Gasteiger partial charge in [0.15, 0.2) is 11.8 Å². The topological polar surface area (TPSA) is 56.0 Å². The molecule has 0 saturated carbocycles. The average molecular weight is 410 g/mol. The van der Waals surface area contributed by atoms with Crippen LogP contribution in [0.4, 0.5) is 4.39 Å². The maximum Gasteiger partial charge on any atom is 0.348 e. The maximum absolute atomic E-state index is 14.7. The molecule has 4 rings (SSSR count). The van der Waals surface area contributed by atoms with Gasteiger partial charge < -0.3 is 14.5 Å². The minimum absolute atomic E-state index is 0.108. The molecule has 0 bridgehead atoms. The third kappa shape index (κ3) is 3.95. The molecule has 2 aromatic heterocycles. The summed E-state index contributed by atoms with van der Waals surface area (Å²) >= 11 is 1.27. The van der Waals surface area contributed by atoms with Crippen molar-refractivity contribution < 1.29 is 23.7 Å². The summed E-state index contributed by atoms with van der Waals surface area (Å²) in [5.41, 5.74) is 1.73. The number of furan rings is 1. The lowest BCUT2D eigenvalue weighted by Crippen LogP contribution is -2.84. The van der Waals surface area contributed by atoms with Crippen molar-refractivity contribution in [3.8, 4) is 0 Å². The molecule has 0 aliphatic rings. The summed E-state index contributed by atoms with van der Waals surface area (Å²) in [7, 11) is 0. The lowest BCUT2D eigenvalue weighted by atomic mass is 10.0. The highest BCUT2D eigenvalue weighted by molar-refractivity contribution is 7.21. The molecule has 0 spiro atoms. The molecule has 0 radical (unpaired) electrons. The van der Waals surface area contributed by atoms with Gasteiger partial charge >= 0.3 is 5.97 Å². The van der Waals surface area contributed by atoms with Crippen LogP contribution < -0.4 is 5.32 Å². The van der Waals surface area contributed by atoms with E-state index in [4.69, 9.17) is 9.15 Å². The molecule has 0 amide bonds. The second-order valence-corrected chi connectivity index (χ2v) is 7.64. The third-order valence-electron chi connectivity index (χ3n) is 4.79. The largest absolute Gasteiger partial charge is 0.463 e. The first-order valence-corrected chi connectivity index (χ1v) is 10.3. The lowest BCUT2D eigenvalue weighted by molar-refractivity contribution is -0.704. The third-order valence-corrected chi connectivity index (χ3v) is 5.97. The van der Waals surface area contributed by atoms with Crippen LogP contribution in [0.1, 0.15) is 39.5 Å². The summed E-state index contributed by atoms with van der Waals surface area (Å²) in [6, 6.07) is 18.6. The monoisotopic (exact) mass is 410 g/mol. The van der Waals surface area contributed by atoms with Crippen molar-refractivity contribution in [2.45, 2.75) is 19.5 Å². The minimum Gasteiger partial charge on any atom is -0.463 e. The summed E-state index contributed by atoms with van der Waals surface area (Å²) in [6.07, 6.45) is 1.64. The van der Waals surface area contributed by atoms with Gasteiger partial charge in [0.2, 0.25) is 0 Å². The molecule has 1 atom stereocenters. The van der Waals surface area contributed by atoms with E-state index in [1.54, 1.807) is 19.3 Å². The number of carbonyl (C=O) groups excluding carboxylic acids is 1. The van der Waals surface area contributed by atoms with Gasteiger partial charge in [0.25, 0.3) is 0 Å². The molecule has 2 heterocycles. The molecule has 148 valence electrons. The second-order valence-electron chi connectivity index (χ2n) is 6.59. The number of rotatable bonds is 7. The van der Waals surface area contributed by atoms with Crippen molar-refractivity contribution in [1.82, 2.24) is 0 Å². The van der Waals surface area contributed by atoms with E-state index in [-0.39, 0.29) is 18.5 Å². The number of ether oxygens (including phenoxy) is 1. The molecule has 2 N–H and O–H groups in total. The summed E-state index contributed by atoms with van der Waals surface area (Å²) in [6.45, 7) is 2.45. The van der Waals surface area contributed by atoms with Gasteiger partial charge in [-0.05, 0) is 31.2 Å². The summed E-state index contributed by atoms with van der Waals surface area (Å²) < 4.78 is 26.3. The van der Waals surface area contributed by atoms with E-state index in [0.717, 1.165) is 16.0 Å². The first-order valence-electron chi connectivity index (χ1n) is 9.47. The fourth-order valence-electron chi connectivity index (χ4n) is 3.50. The number of benzene rings is 2. The van der Waals surface area contributed by atoms with Gasteiger partial charge in [0, 0.05) is 21.2 Å². The zero-order valence-electron chi connectivity index (χ0n) is 15.9. The molecule has 6 heteroatoms. The smallest absolute Gasteiger partial charge is 0.348 e. The van der Waals surface area contributed by atoms with Crippen LogP contribution >= 0.6 is 11.3 Å². The first kappa shape index (κ1) is 19.4. The summed E-state index contributed by atoms with van der Waals surface area (Å²) in [5.74, 6) is 0.0617.